The molecule has 0 N–H and O–H groups in total. The van der Waals surface area contributed by atoms with Crippen molar-refractivity contribution in [1.82, 2.24) is 9.80 Å². The van der Waals surface area contributed by atoms with E-state index in [1.54, 1.807) is 19.2 Å². The number of hydrogen-bond donors (Lipinski definition) is 0. The van der Waals surface area contributed by atoms with Crippen LogP contribution in [0.25, 0.3) is 0 Å². The second-order valence-electron chi connectivity index (χ2n) is 9.38. The van der Waals surface area contributed by atoms with Crippen molar-refractivity contribution < 1.29 is 9.18 Å². The van der Waals surface area contributed by atoms with Crippen LogP contribution in [0.3, 0.4) is 0 Å². The van der Waals surface area contributed by atoms with Gasteiger partial charge in [-0.15, -0.1) is 6.58 Å². The highest BCUT2D eigenvalue weighted by Gasteiger charge is 2.36. The summed E-state index contributed by atoms with van der Waals surface area (Å²) in [7, 11) is 1.70. The highest BCUT2D eigenvalue weighted by atomic mass is 19.1. The van der Waals surface area contributed by atoms with Gasteiger partial charge in [0, 0.05) is 50.0 Å². The van der Waals surface area contributed by atoms with Gasteiger partial charge in [-0.3, -0.25) is 14.6 Å². The van der Waals surface area contributed by atoms with Crippen molar-refractivity contribution in [3.8, 4) is 0 Å². The molecule has 0 aliphatic carbocycles. The molecule has 0 aromatic heterocycles. The Hall–Kier alpha value is -3.28. The van der Waals surface area contributed by atoms with Gasteiger partial charge in [-0.2, -0.15) is 0 Å². The summed E-state index contributed by atoms with van der Waals surface area (Å²) in [5.74, 6) is -0.518. The van der Waals surface area contributed by atoms with E-state index in [4.69, 9.17) is 0 Å². The number of hydrogen-bond acceptors (Lipinski definition) is 3. The average molecular weight is 472 g/mol. The maximum absolute atomic E-state index is 13.9. The quantitative estimate of drug-likeness (QED) is 0.409. The maximum Gasteiger partial charge on any atom is 0.258 e. The second-order valence-corrected chi connectivity index (χ2v) is 9.38. The Morgan fingerprint density at radius 2 is 1.74 bits per heavy atom. The van der Waals surface area contributed by atoms with E-state index >= 15 is 0 Å². The Morgan fingerprint density at radius 1 is 1.03 bits per heavy atom. The fraction of sp³-hybridized carbons (Fsp3) is 0.300. The number of anilines is 1. The van der Waals surface area contributed by atoms with Crippen LogP contribution < -0.4 is 4.90 Å². The summed E-state index contributed by atoms with van der Waals surface area (Å²) in [6, 6.07) is 24.9. The Labute approximate surface area is 208 Å². The summed E-state index contributed by atoms with van der Waals surface area (Å²) in [6.45, 7) is 11.1. The molecule has 0 radical (unpaired) electrons. The molecule has 4 nitrogen and oxygen atoms in total. The van der Waals surface area contributed by atoms with E-state index in [-0.39, 0.29) is 23.8 Å². The van der Waals surface area contributed by atoms with Crippen LogP contribution in [0.1, 0.15) is 41.4 Å². The molecule has 1 fully saturated rings. The zero-order valence-electron chi connectivity index (χ0n) is 20.8. The van der Waals surface area contributed by atoms with E-state index in [1.165, 1.54) is 17.0 Å². The number of carbonyl (C=O) groups is 1. The first kappa shape index (κ1) is 24.8. The molecule has 0 unspecified atom stereocenters. The van der Waals surface area contributed by atoms with Crippen molar-refractivity contribution >= 4 is 11.6 Å². The van der Waals surface area contributed by atoms with E-state index in [9.17, 15) is 9.18 Å². The molecule has 3 aromatic carbocycles. The van der Waals surface area contributed by atoms with Crippen LogP contribution >= 0.6 is 0 Å². The van der Waals surface area contributed by atoms with Gasteiger partial charge in [0.2, 0.25) is 0 Å². The highest BCUT2D eigenvalue weighted by Crippen LogP contribution is 2.35. The van der Waals surface area contributed by atoms with Gasteiger partial charge in [0.1, 0.15) is 5.82 Å². The number of halogens is 1. The molecule has 1 amide bonds. The number of piperazine rings is 1. The summed E-state index contributed by atoms with van der Waals surface area (Å²) in [5.41, 5.74) is 3.27. The van der Waals surface area contributed by atoms with Crippen molar-refractivity contribution in [3.63, 3.8) is 0 Å². The van der Waals surface area contributed by atoms with E-state index in [1.807, 2.05) is 42.5 Å². The molecular weight excluding hydrogens is 437 g/mol. The number of amides is 1. The zero-order chi connectivity index (χ0) is 24.9. The van der Waals surface area contributed by atoms with Crippen molar-refractivity contribution in [2.24, 2.45) is 0 Å². The molecule has 1 aliphatic rings. The first-order chi connectivity index (χ1) is 16.9. The standard InChI is InChI=1S/C30H34FN3O/c1-5-18-33-20-23(3)34(21-22(33)2)29(24-12-7-6-8-13-24)27-16-9-10-17-28(27)30(35)32(4)26-15-11-14-25(31)19-26/h5-17,19,22-23,29H,1,18,20-21H2,2-4H3/t22-,23+,29+/m1/s1. The minimum absolute atomic E-state index is 0.0828. The third-order valence-corrected chi connectivity index (χ3v) is 6.96. The Bertz CT molecular complexity index is 1170. The van der Waals surface area contributed by atoms with Crippen LogP contribution in [0, 0.1) is 5.82 Å². The molecule has 0 saturated carbocycles. The third-order valence-electron chi connectivity index (χ3n) is 6.96. The van der Waals surface area contributed by atoms with Crippen molar-refractivity contribution in [2.75, 3.05) is 31.6 Å². The third kappa shape index (κ3) is 5.37. The summed E-state index contributed by atoms with van der Waals surface area (Å²) in [6.07, 6.45) is 1.96. The fourth-order valence-corrected chi connectivity index (χ4v) is 5.10. The maximum atomic E-state index is 13.9. The molecule has 0 bridgehead atoms. The van der Waals surface area contributed by atoms with E-state index < -0.39 is 0 Å². The van der Waals surface area contributed by atoms with Gasteiger partial charge in [-0.1, -0.05) is 60.7 Å². The van der Waals surface area contributed by atoms with Gasteiger partial charge < -0.3 is 4.90 Å². The van der Waals surface area contributed by atoms with Crippen LogP contribution in [-0.2, 0) is 0 Å². The molecular formula is C30H34FN3O. The van der Waals surface area contributed by atoms with E-state index in [0.717, 1.165) is 30.8 Å². The molecule has 3 atom stereocenters. The second kappa shape index (κ2) is 11.0. The smallest absolute Gasteiger partial charge is 0.258 e. The monoisotopic (exact) mass is 471 g/mol. The number of nitrogens with zero attached hydrogens (tertiary/aromatic N) is 3. The number of benzene rings is 3. The van der Waals surface area contributed by atoms with Gasteiger partial charge in [0.25, 0.3) is 5.91 Å². The fourth-order valence-electron chi connectivity index (χ4n) is 5.10. The van der Waals surface area contributed by atoms with Gasteiger partial charge >= 0.3 is 0 Å². The first-order valence-electron chi connectivity index (χ1n) is 12.2. The lowest BCUT2D eigenvalue weighted by molar-refractivity contribution is 0.0304. The van der Waals surface area contributed by atoms with Crippen molar-refractivity contribution in [3.05, 3.63) is 114 Å². The topological polar surface area (TPSA) is 26.8 Å². The zero-order valence-corrected chi connectivity index (χ0v) is 20.8. The van der Waals surface area contributed by atoms with Gasteiger partial charge in [-0.25, -0.2) is 4.39 Å². The highest BCUT2D eigenvalue weighted by molar-refractivity contribution is 6.06. The minimum atomic E-state index is -0.363. The molecule has 4 rings (SSSR count). The van der Waals surface area contributed by atoms with E-state index in [0.29, 0.717) is 17.3 Å². The lowest BCUT2D eigenvalue weighted by Gasteiger charge is -2.47. The molecule has 0 spiro atoms. The summed E-state index contributed by atoms with van der Waals surface area (Å²) >= 11 is 0. The van der Waals surface area contributed by atoms with Crippen LogP contribution in [0.4, 0.5) is 10.1 Å². The van der Waals surface area contributed by atoms with Gasteiger partial charge in [-0.05, 0) is 49.2 Å². The lowest BCUT2D eigenvalue weighted by atomic mass is 9.90. The molecule has 35 heavy (non-hydrogen) atoms. The summed E-state index contributed by atoms with van der Waals surface area (Å²) < 4.78 is 13.9. The number of rotatable bonds is 7. The average Bonchev–Trinajstić information content (AvgIpc) is 2.87. The molecule has 182 valence electrons. The number of carbonyl (C=O) groups excluding carboxylic acids is 1. The first-order valence-corrected chi connectivity index (χ1v) is 12.2. The molecule has 1 heterocycles. The van der Waals surface area contributed by atoms with Crippen molar-refractivity contribution in [2.45, 2.75) is 32.0 Å². The SMILES string of the molecule is C=CCN1C[C@H](C)N([C@@H](c2ccccc2)c2ccccc2C(=O)N(C)c2cccc(F)c2)C[C@H]1C. The predicted molar refractivity (Wildman–Crippen MR) is 141 cm³/mol. The molecule has 1 aliphatic heterocycles. The Morgan fingerprint density at radius 3 is 2.46 bits per heavy atom. The lowest BCUT2D eigenvalue weighted by Crippen LogP contribution is -2.57. The van der Waals surface area contributed by atoms with Crippen LogP contribution in [0.15, 0.2) is 91.5 Å². The van der Waals surface area contributed by atoms with Crippen LogP contribution in [0.2, 0.25) is 0 Å². The van der Waals surface area contributed by atoms with E-state index in [2.05, 4.69) is 48.4 Å². The largest absolute Gasteiger partial charge is 0.311 e. The van der Waals surface area contributed by atoms with Crippen molar-refractivity contribution in [1.29, 1.82) is 0 Å². The minimum Gasteiger partial charge on any atom is -0.311 e. The van der Waals surface area contributed by atoms with Gasteiger partial charge in [0.15, 0.2) is 0 Å². The van der Waals surface area contributed by atoms with Crippen LogP contribution in [-0.4, -0.2) is 54.5 Å². The van der Waals surface area contributed by atoms with Crippen LogP contribution in [0.5, 0.6) is 0 Å². The Kier molecular flexibility index (Phi) is 7.79. The molecule has 1 saturated heterocycles. The summed E-state index contributed by atoms with van der Waals surface area (Å²) in [4.78, 5) is 20.2. The predicted octanol–water partition coefficient (Wildman–Crippen LogP) is 5.77. The normalized spacial score (nSPS) is 19.8. The molecule has 5 heteroatoms. The summed E-state index contributed by atoms with van der Waals surface area (Å²) in [5, 5.41) is 0. The van der Waals surface area contributed by atoms with Gasteiger partial charge in [0.05, 0.1) is 6.04 Å². The Balaban J connectivity index is 1.76. The molecule has 3 aromatic rings.